The van der Waals surface area contributed by atoms with Gasteiger partial charge in [0.15, 0.2) is 0 Å². The summed E-state index contributed by atoms with van der Waals surface area (Å²) in [6.07, 6.45) is 2.45. The maximum atomic E-state index is 11.9. The Hall–Kier alpha value is -1.40. The molecule has 1 amide bonds. The van der Waals surface area contributed by atoms with Crippen molar-refractivity contribution in [3.63, 3.8) is 0 Å². The summed E-state index contributed by atoms with van der Waals surface area (Å²) in [6.45, 7) is 0.608. The van der Waals surface area contributed by atoms with Crippen LogP contribution in [0, 0.1) is 0 Å². The van der Waals surface area contributed by atoms with Crippen LogP contribution in [-0.2, 0) is 6.42 Å². The molecule has 6 heteroatoms. The second-order valence-electron chi connectivity index (χ2n) is 3.89. The first-order chi connectivity index (χ1) is 9.19. The van der Waals surface area contributed by atoms with Gasteiger partial charge in [0.1, 0.15) is 5.69 Å². The van der Waals surface area contributed by atoms with Gasteiger partial charge in [0, 0.05) is 30.4 Å². The summed E-state index contributed by atoms with van der Waals surface area (Å²) in [4.78, 5) is 17.2. The molecule has 2 rings (SSSR count). The van der Waals surface area contributed by atoms with E-state index >= 15 is 0 Å². The highest BCUT2D eigenvalue weighted by Crippen LogP contribution is 2.22. The first-order valence-electron chi connectivity index (χ1n) is 5.85. The minimum Gasteiger partial charge on any atom is -0.388 e. The Balaban J connectivity index is 1.87. The number of hydrogen-bond donors (Lipinski definition) is 2. The number of pyridine rings is 1. The van der Waals surface area contributed by atoms with Gasteiger partial charge in [0.2, 0.25) is 0 Å². The number of halogens is 1. The number of amides is 1. The van der Waals surface area contributed by atoms with E-state index in [4.69, 9.17) is 0 Å². The average molecular weight is 340 g/mol. The first kappa shape index (κ1) is 14.0. The standard InChI is InChI=1S/C13H14BrN3OS/c1-15-9-4-6-16-11(8-9)13(18)17-7-5-10-2-3-12(14)19-10/h2-4,6,8H,5,7H2,1H3,(H,15,16)(H,17,18). The molecule has 0 saturated carbocycles. The van der Waals surface area contributed by atoms with Crippen LogP contribution in [-0.4, -0.2) is 24.5 Å². The summed E-state index contributed by atoms with van der Waals surface area (Å²) in [5.74, 6) is -0.146. The van der Waals surface area contributed by atoms with Crippen molar-refractivity contribution in [2.24, 2.45) is 0 Å². The van der Waals surface area contributed by atoms with Crippen LogP contribution in [0.25, 0.3) is 0 Å². The number of hydrogen-bond acceptors (Lipinski definition) is 4. The normalized spacial score (nSPS) is 10.2. The molecule has 0 unspecified atom stereocenters. The highest BCUT2D eigenvalue weighted by Gasteiger charge is 2.07. The van der Waals surface area contributed by atoms with Crippen molar-refractivity contribution in [2.45, 2.75) is 6.42 Å². The smallest absolute Gasteiger partial charge is 0.269 e. The van der Waals surface area contributed by atoms with E-state index in [0.717, 1.165) is 15.9 Å². The Morgan fingerprint density at radius 1 is 1.42 bits per heavy atom. The van der Waals surface area contributed by atoms with Gasteiger partial charge in [-0.2, -0.15) is 0 Å². The van der Waals surface area contributed by atoms with Crippen LogP contribution >= 0.6 is 27.3 Å². The molecule has 0 fully saturated rings. The van der Waals surface area contributed by atoms with E-state index in [0.29, 0.717) is 12.2 Å². The third-order valence-electron chi connectivity index (χ3n) is 2.57. The molecule has 2 heterocycles. The number of carbonyl (C=O) groups excluding carboxylic acids is 1. The van der Waals surface area contributed by atoms with E-state index in [1.807, 2.05) is 19.2 Å². The fourth-order valence-corrected chi connectivity index (χ4v) is 3.07. The summed E-state index contributed by atoms with van der Waals surface area (Å²) < 4.78 is 1.11. The van der Waals surface area contributed by atoms with Gasteiger partial charge in [0.25, 0.3) is 5.91 Å². The Morgan fingerprint density at radius 2 is 2.26 bits per heavy atom. The summed E-state index contributed by atoms with van der Waals surface area (Å²) in [6, 6.07) is 7.62. The number of aromatic nitrogens is 1. The molecular weight excluding hydrogens is 326 g/mol. The number of anilines is 1. The molecule has 0 spiro atoms. The summed E-state index contributed by atoms with van der Waals surface area (Å²) >= 11 is 5.10. The van der Waals surface area contributed by atoms with E-state index in [9.17, 15) is 4.79 Å². The molecule has 19 heavy (non-hydrogen) atoms. The zero-order valence-electron chi connectivity index (χ0n) is 10.4. The molecular formula is C13H14BrN3OS. The molecule has 2 N–H and O–H groups in total. The summed E-state index contributed by atoms with van der Waals surface area (Å²) in [7, 11) is 1.81. The van der Waals surface area contributed by atoms with Crippen LogP contribution in [0.4, 0.5) is 5.69 Å². The number of thiophene rings is 1. The average Bonchev–Trinajstić information content (AvgIpc) is 2.84. The predicted octanol–water partition coefficient (Wildman–Crippen LogP) is 2.92. The lowest BCUT2D eigenvalue weighted by molar-refractivity contribution is 0.0949. The maximum Gasteiger partial charge on any atom is 0.269 e. The lowest BCUT2D eigenvalue weighted by Crippen LogP contribution is -2.26. The van der Waals surface area contributed by atoms with Gasteiger partial charge >= 0.3 is 0 Å². The zero-order chi connectivity index (χ0) is 13.7. The molecule has 0 saturated heterocycles. The molecule has 0 aliphatic rings. The zero-order valence-corrected chi connectivity index (χ0v) is 12.8. The van der Waals surface area contributed by atoms with Crippen molar-refractivity contribution in [2.75, 3.05) is 18.9 Å². The third-order valence-corrected chi connectivity index (χ3v) is 4.25. The van der Waals surface area contributed by atoms with Crippen LogP contribution in [0.3, 0.4) is 0 Å². The van der Waals surface area contributed by atoms with Crippen LogP contribution in [0.5, 0.6) is 0 Å². The lowest BCUT2D eigenvalue weighted by Gasteiger charge is -2.05. The molecule has 0 radical (unpaired) electrons. The first-order valence-corrected chi connectivity index (χ1v) is 7.46. The Bertz CT molecular complexity index is 571. The largest absolute Gasteiger partial charge is 0.388 e. The van der Waals surface area contributed by atoms with Gasteiger partial charge < -0.3 is 10.6 Å². The molecule has 0 atom stereocenters. The number of rotatable bonds is 5. The molecule has 0 bridgehead atoms. The van der Waals surface area contributed by atoms with Gasteiger partial charge in [-0.05, 0) is 46.6 Å². The van der Waals surface area contributed by atoms with Gasteiger partial charge in [-0.1, -0.05) is 0 Å². The van der Waals surface area contributed by atoms with E-state index < -0.39 is 0 Å². The molecule has 0 aromatic carbocycles. The summed E-state index contributed by atoms with van der Waals surface area (Å²) in [5.41, 5.74) is 1.31. The predicted molar refractivity (Wildman–Crippen MR) is 81.8 cm³/mol. The summed E-state index contributed by atoms with van der Waals surface area (Å²) in [5, 5.41) is 5.85. The molecule has 2 aromatic heterocycles. The number of nitrogens with one attached hydrogen (secondary N) is 2. The number of carbonyl (C=O) groups is 1. The van der Waals surface area contributed by atoms with Gasteiger partial charge in [-0.25, -0.2) is 0 Å². The second-order valence-corrected chi connectivity index (χ2v) is 6.44. The second kappa shape index (κ2) is 6.68. The third kappa shape index (κ3) is 4.04. The van der Waals surface area contributed by atoms with Crippen molar-refractivity contribution in [1.29, 1.82) is 0 Å². The Morgan fingerprint density at radius 3 is 2.95 bits per heavy atom. The molecule has 2 aromatic rings. The fourth-order valence-electron chi connectivity index (χ4n) is 1.59. The van der Waals surface area contributed by atoms with Crippen molar-refractivity contribution in [3.05, 3.63) is 44.8 Å². The van der Waals surface area contributed by atoms with E-state index in [2.05, 4.69) is 37.6 Å². The van der Waals surface area contributed by atoms with Crippen LogP contribution < -0.4 is 10.6 Å². The van der Waals surface area contributed by atoms with Crippen molar-refractivity contribution >= 4 is 38.9 Å². The Labute approximate surface area is 124 Å². The Kier molecular flexibility index (Phi) is 4.93. The van der Waals surface area contributed by atoms with E-state index in [1.165, 1.54) is 4.88 Å². The fraction of sp³-hybridized carbons (Fsp3) is 0.231. The quantitative estimate of drug-likeness (QED) is 0.880. The topological polar surface area (TPSA) is 54.0 Å². The number of nitrogens with zero attached hydrogens (tertiary/aromatic N) is 1. The molecule has 0 aliphatic carbocycles. The SMILES string of the molecule is CNc1ccnc(C(=O)NCCc2ccc(Br)s2)c1. The monoisotopic (exact) mass is 339 g/mol. The van der Waals surface area contributed by atoms with Crippen LogP contribution in [0.15, 0.2) is 34.2 Å². The minimum absolute atomic E-state index is 0.146. The van der Waals surface area contributed by atoms with Crippen molar-refractivity contribution < 1.29 is 4.79 Å². The van der Waals surface area contributed by atoms with Crippen LogP contribution in [0.2, 0.25) is 0 Å². The van der Waals surface area contributed by atoms with Gasteiger partial charge in [-0.3, -0.25) is 9.78 Å². The highest BCUT2D eigenvalue weighted by molar-refractivity contribution is 9.11. The molecule has 4 nitrogen and oxygen atoms in total. The minimum atomic E-state index is -0.146. The molecule has 0 aliphatic heterocycles. The van der Waals surface area contributed by atoms with E-state index in [1.54, 1.807) is 23.6 Å². The van der Waals surface area contributed by atoms with Gasteiger partial charge in [-0.15, -0.1) is 11.3 Å². The van der Waals surface area contributed by atoms with Crippen molar-refractivity contribution in [3.8, 4) is 0 Å². The van der Waals surface area contributed by atoms with E-state index in [-0.39, 0.29) is 5.91 Å². The molecule has 100 valence electrons. The maximum absolute atomic E-state index is 11.9. The van der Waals surface area contributed by atoms with Crippen molar-refractivity contribution in [1.82, 2.24) is 10.3 Å². The lowest BCUT2D eigenvalue weighted by atomic mass is 10.3. The van der Waals surface area contributed by atoms with Crippen LogP contribution in [0.1, 0.15) is 15.4 Å². The van der Waals surface area contributed by atoms with Gasteiger partial charge in [0.05, 0.1) is 3.79 Å². The highest BCUT2D eigenvalue weighted by atomic mass is 79.9.